The van der Waals surface area contributed by atoms with Crippen molar-refractivity contribution in [1.82, 2.24) is 4.98 Å². The molecule has 0 atom stereocenters. The summed E-state index contributed by atoms with van der Waals surface area (Å²) in [6, 6.07) is 1.33. The minimum Gasteiger partial charge on any atom is -0.481 e. The van der Waals surface area contributed by atoms with E-state index in [0.29, 0.717) is 4.47 Å². The molecule has 0 amide bonds. The third kappa shape index (κ3) is 3.66. The number of aromatic nitrogens is 1. The van der Waals surface area contributed by atoms with Gasteiger partial charge in [-0.2, -0.15) is 0 Å². The molecule has 1 aromatic heterocycles. The maximum atomic E-state index is 10.8. The molecule has 7 nitrogen and oxygen atoms in total. The highest BCUT2D eigenvalue weighted by Gasteiger charge is 2.19. The third-order valence-electron chi connectivity index (χ3n) is 2.03. The van der Waals surface area contributed by atoms with Gasteiger partial charge in [-0.15, -0.1) is 0 Å². The summed E-state index contributed by atoms with van der Waals surface area (Å²) in [6.07, 6.45) is 1.32. The van der Waals surface area contributed by atoms with Crippen LogP contribution in [0.2, 0.25) is 0 Å². The molecule has 0 aliphatic carbocycles. The number of carbonyl (C=O) groups is 1. The van der Waals surface area contributed by atoms with E-state index < -0.39 is 10.9 Å². The molecule has 17 heavy (non-hydrogen) atoms. The average Bonchev–Trinajstić information content (AvgIpc) is 2.25. The molecule has 1 rings (SSSR count). The van der Waals surface area contributed by atoms with Crippen LogP contribution in [0.15, 0.2) is 16.7 Å². The van der Waals surface area contributed by atoms with Crippen molar-refractivity contribution in [2.24, 2.45) is 0 Å². The molecule has 0 aliphatic rings. The van der Waals surface area contributed by atoms with Crippen molar-refractivity contribution in [3.05, 3.63) is 26.9 Å². The van der Waals surface area contributed by atoms with Gasteiger partial charge in [-0.05, 0) is 15.9 Å². The van der Waals surface area contributed by atoms with E-state index in [9.17, 15) is 14.9 Å². The van der Waals surface area contributed by atoms with E-state index in [0.717, 1.165) is 0 Å². The minimum atomic E-state index is -0.961. The molecule has 1 aromatic rings. The SMILES string of the molecule is CN(CCC(=O)O)c1ncc(Br)cc1[N+](=O)[O-]. The van der Waals surface area contributed by atoms with Gasteiger partial charge in [-0.3, -0.25) is 14.9 Å². The first kappa shape index (κ1) is 13.4. The average molecular weight is 304 g/mol. The minimum absolute atomic E-state index is 0.106. The molecule has 0 saturated heterocycles. The number of hydrogen-bond acceptors (Lipinski definition) is 5. The van der Waals surface area contributed by atoms with E-state index in [2.05, 4.69) is 20.9 Å². The Hall–Kier alpha value is -1.70. The Morgan fingerprint density at radius 1 is 1.71 bits per heavy atom. The fraction of sp³-hybridized carbons (Fsp3) is 0.333. The first-order chi connectivity index (χ1) is 7.91. The molecule has 1 heterocycles. The zero-order valence-electron chi connectivity index (χ0n) is 8.96. The summed E-state index contributed by atoms with van der Waals surface area (Å²) < 4.78 is 0.500. The molecule has 92 valence electrons. The topological polar surface area (TPSA) is 96.6 Å². The van der Waals surface area contributed by atoms with Crippen LogP contribution >= 0.6 is 15.9 Å². The molecular weight excluding hydrogens is 294 g/mol. The first-order valence-corrected chi connectivity index (χ1v) is 5.44. The van der Waals surface area contributed by atoms with Crippen LogP contribution < -0.4 is 4.90 Å². The predicted octanol–water partition coefficient (Wildman–Crippen LogP) is 1.66. The summed E-state index contributed by atoms with van der Waals surface area (Å²) in [7, 11) is 1.56. The van der Waals surface area contributed by atoms with Gasteiger partial charge in [0.1, 0.15) is 0 Å². The zero-order chi connectivity index (χ0) is 13.0. The van der Waals surface area contributed by atoms with Gasteiger partial charge in [-0.1, -0.05) is 0 Å². The predicted molar refractivity (Wildman–Crippen MR) is 64.1 cm³/mol. The molecule has 0 fully saturated rings. The van der Waals surface area contributed by atoms with Gasteiger partial charge in [0.2, 0.25) is 5.82 Å². The monoisotopic (exact) mass is 303 g/mol. The summed E-state index contributed by atoms with van der Waals surface area (Å²) in [5, 5.41) is 19.4. The fourth-order valence-corrected chi connectivity index (χ4v) is 1.54. The summed E-state index contributed by atoms with van der Waals surface area (Å²) in [6.45, 7) is 0.158. The van der Waals surface area contributed by atoms with Gasteiger partial charge in [-0.25, -0.2) is 4.98 Å². The van der Waals surface area contributed by atoms with Crippen LogP contribution in [0.25, 0.3) is 0 Å². The van der Waals surface area contributed by atoms with Gasteiger partial charge in [0.25, 0.3) is 0 Å². The standard InChI is InChI=1S/C9H10BrN3O4/c1-12(3-2-8(14)15)9-7(13(16)17)4-6(10)5-11-9/h4-5H,2-3H2,1H3,(H,14,15). The number of carboxylic acids is 1. The van der Waals surface area contributed by atoms with E-state index in [1.54, 1.807) is 7.05 Å². The molecule has 8 heteroatoms. The van der Waals surface area contributed by atoms with Crippen LogP contribution in [0.3, 0.4) is 0 Å². The van der Waals surface area contributed by atoms with E-state index in [1.807, 2.05) is 0 Å². The molecule has 0 aliphatic heterocycles. The molecule has 0 aromatic carbocycles. The quantitative estimate of drug-likeness (QED) is 0.656. The highest BCUT2D eigenvalue weighted by molar-refractivity contribution is 9.10. The zero-order valence-corrected chi connectivity index (χ0v) is 10.5. The molecular formula is C9H10BrN3O4. The van der Waals surface area contributed by atoms with Crippen molar-refractivity contribution >= 4 is 33.4 Å². The van der Waals surface area contributed by atoms with Gasteiger partial charge in [0.05, 0.1) is 11.3 Å². The highest BCUT2D eigenvalue weighted by Crippen LogP contribution is 2.27. The lowest BCUT2D eigenvalue weighted by molar-refractivity contribution is -0.384. The van der Waals surface area contributed by atoms with Gasteiger partial charge in [0.15, 0.2) is 0 Å². The second-order valence-electron chi connectivity index (χ2n) is 3.32. The molecule has 0 radical (unpaired) electrons. The van der Waals surface area contributed by atoms with Crippen LogP contribution in [0.1, 0.15) is 6.42 Å². The normalized spacial score (nSPS) is 10.0. The molecule has 1 N–H and O–H groups in total. The van der Waals surface area contributed by atoms with Gasteiger partial charge >= 0.3 is 11.7 Å². The Labute approximate surface area is 105 Å². The number of hydrogen-bond donors (Lipinski definition) is 1. The van der Waals surface area contributed by atoms with E-state index in [1.165, 1.54) is 17.2 Å². The number of rotatable bonds is 5. The lowest BCUT2D eigenvalue weighted by Gasteiger charge is -2.16. The highest BCUT2D eigenvalue weighted by atomic mass is 79.9. The Balaban J connectivity index is 2.96. The summed E-state index contributed by atoms with van der Waals surface area (Å²) in [5.41, 5.74) is -0.160. The van der Waals surface area contributed by atoms with Crippen LogP contribution in [0.5, 0.6) is 0 Å². The largest absolute Gasteiger partial charge is 0.481 e. The van der Waals surface area contributed by atoms with Crippen molar-refractivity contribution < 1.29 is 14.8 Å². The number of halogens is 1. The second kappa shape index (κ2) is 5.58. The van der Waals surface area contributed by atoms with Crippen LogP contribution in [0.4, 0.5) is 11.5 Å². The number of nitro groups is 1. The Bertz CT molecular complexity index is 452. The molecule has 0 spiro atoms. The van der Waals surface area contributed by atoms with Crippen molar-refractivity contribution in [3.8, 4) is 0 Å². The second-order valence-corrected chi connectivity index (χ2v) is 4.23. The van der Waals surface area contributed by atoms with Crippen molar-refractivity contribution in [2.75, 3.05) is 18.5 Å². The molecule has 0 bridgehead atoms. The number of carboxylic acid groups (broad SMARTS) is 1. The van der Waals surface area contributed by atoms with Gasteiger partial charge < -0.3 is 10.0 Å². The Morgan fingerprint density at radius 2 is 2.35 bits per heavy atom. The number of aliphatic carboxylic acids is 1. The smallest absolute Gasteiger partial charge is 0.312 e. The van der Waals surface area contributed by atoms with Crippen molar-refractivity contribution in [1.29, 1.82) is 0 Å². The number of nitrogens with zero attached hydrogens (tertiary/aromatic N) is 3. The van der Waals surface area contributed by atoms with Crippen molar-refractivity contribution in [3.63, 3.8) is 0 Å². The van der Waals surface area contributed by atoms with Crippen LogP contribution in [-0.2, 0) is 4.79 Å². The lowest BCUT2D eigenvalue weighted by atomic mass is 10.3. The Kier molecular flexibility index (Phi) is 4.38. The van der Waals surface area contributed by atoms with Gasteiger partial charge in [0, 0.05) is 30.3 Å². The van der Waals surface area contributed by atoms with Crippen LogP contribution in [0, 0.1) is 10.1 Å². The summed E-state index contributed by atoms with van der Waals surface area (Å²) >= 11 is 3.10. The van der Waals surface area contributed by atoms with Crippen LogP contribution in [-0.4, -0.2) is 34.6 Å². The Morgan fingerprint density at radius 3 is 2.88 bits per heavy atom. The molecule has 0 unspecified atom stereocenters. The van der Waals surface area contributed by atoms with E-state index in [-0.39, 0.29) is 24.5 Å². The van der Waals surface area contributed by atoms with Crippen molar-refractivity contribution in [2.45, 2.75) is 6.42 Å². The fourth-order valence-electron chi connectivity index (χ4n) is 1.22. The number of pyridine rings is 1. The summed E-state index contributed by atoms with van der Waals surface area (Å²) in [4.78, 5) is 26.1. The maximum Gasteiger partial charge on any atom is 0.312 e. The third-order valence-corrected chi connectivity index (χ3v) is 2.47. The van der Waals surface area contributed by atoms with E-state index >= 15 is 0 Å². The molecule has 0 saturated carbocycles. The first-order valence-electron chi connectivity index (χ1n) is 4.64. The maximum absolute atomic E-state index is 10.8. The number of anilines is 1. The summed E-state index contributed by atoms with van der Waals surface area (Å²) in [5.74, 6) is -0.809. The van der Waals surface area contributed by atoms with E-state index in [4.69, 9.17) is 5.11 Å². The lowest BCUT2D eigenvalue weighted by Crippen LogP contribution is -2.22.